The molecule has 1 heterocycles. The number of carbonyl (C=O) groups excluding carboxylic acids is 2. The van der Waals surface area contributed by atoms with Crippen LogP contribution in [0.4, 0.5) is 0 Å². The summed E-state index contributed by atoms with van der Waals surface area (Å²) in [5.74, 6) is -0.0463. The van der Waals surface area contributed by atoms with Gasteiger partial charge in [0.05, 0.1) is 12.7 Å². The summed E-state index contributed by atoms with van der Waals surface area (Å²) in [6.07, 6.45) is 4.57. The summed E-state index contributed by atoms with van der Waals surface area (Å²) in [6, 6.07) is 0.218. The Morgan fingerprint density at radius 3 is 2.52 bits per heavy atom. The van der Waals surface area contributed by atoms with Crippen molar-refractivity contribution in [2.24, 2.45) is 5.92 Å². The van der Waals surface area contributed by atoms with E-state index in [4.69, 9.17) is 4.74 Å². The van der Waals surface area contributed by atoms with Gasteiger partial charge in [0.1, 0.15) is 5.69 Å². The van der Waals surface area contributed by atoms with Crippen LogP contribution in [0.2, 0.25) is 0 Å². The highest BCUT2D eigenvalue weighted by Gasteiger charge is 2.27. The summed E-state index contributed by atoms with van der Waals surface area (Å²) in [6.45, 7) is 5.73. The van der Waals surface area contributed by atoms with E-state index in [1.807, 2.05) is 0 Å². The second-order valence-corrected chi connectivity index (χ2v) is 5.96. The third-order valence-corrected chi connectivity index (χ3v) is 4.48. The van der Waals surface area contributed by atoms with Gasteiger partial charge in [0.15, 0.2) is 0 Å². The summed E-state index contributed by atoms with van der Waals surface area (Å²) in [4.78, 5) is 27.2. The lowest BCUT2D eigenvalue weighted by Crippen LogP contribution is -2.41. The average molecular weight is 292 g/mol. The highest BCUT2D eigenvalue weighted by molar-refractivity contribution is 6.00. The number of nitrogens with one attached hydrogen (secondary N) is 2. The van der Waals surface area contributed by atoms with Crippen molar-refractivity contribution in [2.75, 3.05) is 7.11 Å². The van der Waals surface area contributed by atoms with Crippen LogP contribution < -0.4 is 5.32 Å². The summed E-state index contributed by atoms with van der Waals surface area (Å²) in [7, 11) is 1.34. The molecule has 2 unspecified atom stereocenters. The zero-order chi connectivity index (χ0) is 15.6. The fourth-order valence-electron chi connectivity index (χ4n) is 3.16. The lowest BCUT2D eigenvalue weighted by Gasteiger charge is -2.29. The predicted octanol–water partition coefficient (Wildman–Crippen LogP) is 2.73. The van der Waals surface area contributed by atoms with E-state index >= 15 is 0 Å². The maximum absolute atomic E-state index is 12.5. The first-order valence-corrected chi connectivity index (χ1v) is 7.54. The fourth-order valence-corrected chi connectivity index (χ4v) is 3.16. The van der Waals surface area contributed by atoms with Gasteiger partial charge >= 0.3 is 5.97 Å². The van der Waals surface area contributed by atoms with Crippen molar-refractivity contribution in [1.82, 2.24) is 10.3 Å². The molecule has 0 spiro atoms. The number of esters is 1. The number of aryl methyl sites for hydroxylation is 1. The molecule has 1 aromatic heterocycles. The van der Waals surface area contributed by atoms with Crippen LogP contribution in [0.25, 0.3) is 0 Å². The van der Waals surface area contributed by atoms with E-state index in [0.717, 1.165) is 19.3 Å². The zero-order valence-corrected chi connectivity index (χ0v) is 13.2. The first kappa shape index (κ1) is 15.6. The number of hydrogen-bond acceptors (Lipinski definition) is 3. The molecule has 1 amide bonds. The van der Waals surface area contributed by atoms with Crippen LogP contribution in [0.1, 0.15) is 64.7 Å². The van der Waals surface area contributed by atoms with Gasteiger partial charge in [-0.3, -0.25) is 4.79 Å². The molecule has 0 bridgehead atoms. The molecule has 0 radical (unpaired) electrons. The number of ether oxygens (including phenoxy) is 1. The summed E-state index contributed by atoms with van der Waals surface area (Å²) in [5.41, 5.74) is 2.24. The van der Waals surface area contributed by atoms with Crippen molar-refractivity contribution >= 4 is 11.9 Å². The zero-order valence-electron chi connectivity index (χ0n) is 13.2. The molecule has 2 rings (SSSR count). The second kappa shape index (κ2) is 6.33. The minimum atomic E-state index is -0.411. The second-order valence-electron chi connectivity index (χ2n) is 5.96. The number of aromatic amines is 1. The van der Waals surface area contributed by atoms with E-state index in [1.54, 1.807) is 13.8 Å². The van der Waals surface area contributed by atoms with Gasteiger partial charge in [-0.15, -0.1) is 0 Å². The highest BCUT2D eigenvalue weighted by Crippen LogP contribution is 2.25. The molecule has 1 saturated carbocycles. The molecule has 5 heteroatoms. The molecule has 1 fully saturated rings. The van der Waals surface area contributed by atoms with E-state index in [1.165, 1.54) is 13.5 Å². The number of aromatic nitrogens is 1. The van der Waals surface area contributed by atoms with Gasteiger partial charge in [0.2, 0.25) is 0 Å². The number of methoxy groups -OCH3 is 1. The number of hydrogen-bond donors (Lipinski definition) is 2. The average Bonchev–Trinajstić information content (AvgIpc) is 2.76. The molecule has 0 aliphatic heterocycles. The number of carbonyl (C=O) groups is 2. The smallest absolute Gasteiger partial charge is 0.339 e. The maximum Gasteiger partial charge on any atom is 0.339 e. The Kier molecular flexibility index (Phi) is 4.70. The minimum Gasteiger partial charge on any atom is -0.465 e. The van der Waals surface area contributed by atoms with Gasteiger partial charge in [-0.25, -0.2) is 4.79 Å². The van der Waals surface area contributed by atoms with Crippen molar-refractivity contribution in [2.45, 2.75) is 52.5 Å². The van der Waals surface area contributed by atoms with Crippen molar-refractivity contribution in [3.05, 3.63) is 22.5 Å². The predicted molar refractivity (Wildman–Crippen MR) is 80.5 cm³/mol. The van der Waals surface area contributed by atoms with Crippen molar-refractivity contribution < 1.29 is 14.3 Å². The standard InChI is InChI=1S/C16H24N2O3/c1-9-7-5-6-8-12(9)18-15(19)14-10(2)13(11(3)17-14)16(20)21-4/h9,12,17H,5-8H2,1-4H3,(H,18,19). The Bertz CT molecular complexity index is 548. The van der Waals surface area contributed by atoms with Gasteiger partial charge in [-0.1, -0.05) is 19.8 Å². The Balaban J connectivity index is 2.18. The van der Waals surface area contributed by atoms with Gasteiger partial charge in [-0.2, -0.15) is 0 Å². The van der Waals surface area contributed by atoms with Crippen LogP contribution >= 0.6 is 0 Å². The van der Waals surface area contributed by atoms with E-state index < -0.39 is 5.97 Å². The molecule has 21 heavy (non-hydrogen) atoms. The Morgan fingerprint density at radius 1 is 1.24 bits per heavy atom. The monoisotopic (exact) mass is 292 g/mol. The Labute approximate surface area is 125 Å². The quantitative estimate of drug-likeness (QED) is 0.841. The van der Waals surface area contributed by atoms with Crippen LogP contribution in [0.3, 0.4) is 0 Å². The Hall–Kier alpha value is -1.78. The highest BCUT2D eigenvalue weighted by atomic mass is 16.5. The first-order chi connectivity index (χ1) is 9.95. The summed E-state index contributed by atoms with van der Waals surface area (Å²) in [5, 5.41) is 3.10. The molecule has 2 atom stereocenters. The molecule has 0 aromatic carbocycles. The van der Waals surface area contributed by atoms with Crippen molar-refractivity contribution in [1.29, 1.82) is 0 Å². The summed E-state index contributed by atoms with van der Waals surface area (Å²) < 4.78 is 4.77. The molecule has 2 N–H and O–H groups in total. The van der Waals surface area contributed by atoms with Gasteiger partial charge in [0, 0.05) is 11.7 Å². The largest absolute Gasteiger partial charge is 0.465 e. The van der Waals surface area contributed by atoms with E-state index in [2.05, 4.69) is 17.2 Å². The van der Waals surface area contributed by atoms with E-state index in [0.29, 0.717) is 28.4 Å². The van der Waals surface area contributed by atoms with Gasteiger partial charge < -0.3 is 15.0 Å². The van der Waals surface area contributed by atoms with Crippen LogP contribution in [-0.4, -0.2) is 30.0 Å². The van der Waals surface area contributed by atoms with Gasteiger partial charge in [-0.05, 0) is 38.2 Å². The maximum atomic E-state index is 12.5. The van der Waals surface area contributed by atoms with Crippen LogP contribution in [0.5, 0.6) is 0 Å². The Morgan fingerprint density at radius 2 is 1.90 bits per heavy atom. The molecular formula is C16H24N2O3. The molecule has 5 nitrogen and oxygen atoms in total. The third-order valence-electron chi connectivity index (χ3n) is 4.48. The van der Waals surface area contributed by atoms with Crippen LogP contribution in [0.15, 0.2) is 0 Å². The molecule has 1 aromatic rings. The molecule has 1 aliphatic rings. The van der Waals surface area contributed by atoms with E-state index in [-0.39, 0.29) is 11.9 Å². The van der Waals surface area contributed by atoms with Crippen LogP contribution in [-0.2, 0) is 4.74 Å². The topological polar surface area (TPSA) is 71.2 Å². The number of H-pyrrole nitrogens is 1. The first-order valence-electron chi connectivity index (χ1n) is 7.54. The molecule has 116 valence electrons. The number of amides is 1. The van der Waals surface area contributed by atoms with Crippen LogP contribution in [0, 0.1) is 19.8 Å². The number of rotatable bonds is 3. The molecule has 1 aliphatic carbocycles. The van der Waals surface area contributed by atoms with Crippen molar-refractivity contribution in [3.8, 4) is 0 Å². The SMILES string of the molecule is COC(=O)c1c(C)[nH]c(C(=O)NC2CCCCC2C)c1C. The normalized spacial score (nSPS) is 21.9. The third kappa shape index (κ3) is 3.12. The fraction of sp³-hybridized carbons (Fsp3) is 0.625. The van der Waals surface area contributed by atoms with Gasteiger partial charge in [0.25, 0.3) is 5.91 Å². The van der Waals surface area contributed by atoms with E-state index in [9.17, 15) is 9.59 Å². The molecule has 0 saturated heterocycles. The lowest BCUT2D eigenvalue weighted by molar-refractivity contribution is 0.0599. The lowest BCUT2D eigenvalue weighted by atomic mass is 9.86. The molecular weight excluding hydrogens is 268 g/mol. The minimum absolute atomic E-state index is 0.135. The van der Waals surface area contributed by atoms with Crippen molar-refractivity contribution in [3.63, 3.8) is 0 Å². The summed E-state index contributed by atoms with van der Waals surface area (Å²) >= 11 is 0.